The molecule has 1 unspecified atom stereocenters. The van der Waals surface area contributed by atoms with Gasteiger partial charge in [0.25, 0.3) is 0 Å². The number of hydrogen-bond donors (Lipinski definition) is 3. The van der Waals surface area contributed by atoms with Gasteiger partial charge in [0.15, 0.2) is 0 Å². The molecule has 0 aliphatic carbocycles. The van der Waals surface area contributed by atoms with Crippen molar-refractivity contribution in [3.63, 3.8) is 0 Å². The quantitative estimate of drug-likeness (QED) is 0.477. The Morgan fingerprint density at radius 3 is 3.00 bits per heavy atom. The second-order valence-corrected chi connectivity index (χ2v) is 9.14. The maximum absolute atomic E-state index is 12.8. The summed E-state index contributed by atoms with van der Waals surface area (Å²) in [4.78, 5) is 35.2. The molecule has 0 radical (unpaired) electrons. The number of aromatic nitrogens is 2. The molecule has 2 aromatic heterocycles. The number of H-pyrrole nitrogens is 1. The van der Waals surface area contributed by atoms with Gasteiger partial charge in [0.05, 0.1) is 25.3 Å². The van der Waals surface area contributed by atoms with Crippen LogP contribution in [0.15, 0.2) is 36.7 Å². The van der Waals surface area contributed by atoms with Crippen molar-refractivity contribution in [1.29, 1.82) is 5.26 Å². The van der Waals surface area contributed by atoms with Gasteiger partial charge in [0.2, 0.25) is 5.91 Å². The fraction of sp³-hybridized carbons (Fsp3) is 0.333. The Labute approximate surface area is 201 Å². The predicted molar refractivity (Wildman–Crippen MR) is 129 cm³/mol. The van der Waals surface area contributed by atoms with Crippen LogP contribution in [0.2, 0.25) is 0 Å². The van der Waals surface area contributed by atoms with Crippen LogP contribution in [0.5, 0.6) is 5.75 Å². The fourth-order valence-electron chi connectivity index (χ4n) is 3.92. The molecule has 1 aromatic carbocycles. The Bertz CT molecular complexity index is 1210. The van der Waals surface area contributed by atoms with Gasteiger partial charge in [-0.1, -0.05) is 12.1 Å². The minimum atomic E-state index is -0.249. The van der Waals surface area contributed by atoms with Gasteiger partial charge in [0.1, 0.15) is 22.6 Å². The number of nitrogens with one attached hydrogen (secondary N) is 3. The lowest BCUT2D eigenvalue weighted by molar-refractivity contribution is -0.116. The van der Waals surface area contributed by atoms with Crippen molar-refractivity contribution in [2.24, 2.45) is 0 Å². The number of imidazole rings is 1. The van der Waals surface area contributed by atoms with Crippen molar-refractivity contribution in [3.05, 3.63) is 64.1 Å². The van der Waals surface area contributed by atoms with Crippen LogP contribution in [0.25, 0.3) is 0 Å². The van der Waals surface area contributed by atoms with Crippen LogP contribution < -0.4 is 15.4 Å². The molecule has 3 heterocycles. The number of aryl methyl sites for hydroxylation is 1. The Morgan fingerprint density at radius 1 is 1.41 bits per heavy atom. The van der Waals surface area contributed by atoms with E-state index < -0.39 is 0 Å². The molecule has 9 nitrogen and oxygen atoms in total. The number of carbonyl (C=O) groups excluding carboxylic acids is 2. The lowest BCUT2D eigenvalue weighted by atomic mass is 10.0. The summed E-state index contributed by atoms with van der Waals surface area (Å²) in [5.41, 5.74) is 2.42. The van der Waals surface area contributed by atoms with Gasteiger partial charge in [-0.2, -0.15) is 5.26 Å². The number of ether oxygens (including phenoxy) is 1. The molecule has 176 valence electrons. The molecule has 10 heteroatoms. The molecule has 1 atom stereocenters. The second-order valence-electron chi connectivity index (χ2n) is 8.04. The zero-order chi connectivity index (χ0) is 24.1. The smallest absolute Gasteiger partial charge is 0.318 e. The number of hydrogen-bond acceptors (Lipinski definition) is 6. The average molecular weight is 479 g/mol. The fourth-order valence-corrected chi connectivity index (χ4v) is 5.15. The number of anilines is 1. The highest BCUT2D eigenvalue weighted by Crippen LogP contribution is 2.37. The number of carbonyl (C=O) groups is 2. The summed E-state index contributed by atoms with van der Waals surface area (Å²) in [6.45, 7) is 2.76. The number of urea groups is 1. The predicted octanol–water partition coefficient (Wildman–Crippen LogP) is 3.75. The van der Waals surface area contributed by atoms with Crippen LogP contribution in [0.4, 0.5) is 9.80 Å². The van der Waals surface area contributed by atoms with Gasteiger partial charge in [-0.05, 0) is 43.0 Å². The number of methoxy groups -OCH3 is 1. The maximum atomic E-state index is 12.8. The molecule has 3 amide bonds. The Hall–Kier alpha value is -3.84. The standard InChI is InChI=1S/C24H26N6O3S/c1-15(22-26-9-10-27-22)28-24(32)30-11-8-18-19(13-25)23(34-20(18)14-30)29-21(31)7-6-16-4-3-5-17(12-16)33-2/h3-5,9-10,12,15H,6-8,11,14H2,1-2H3,(H,26,27)(H,28,32)(H,29,31). The van der Waals surface area contributed by atoms with E-state index in [2.05, 4.69) is 26.7 Å². The summed E-state index contributed by atoms with van der Waals surface area (Å²) in [5.74, 6) is 1.29. The zero-order valence-corrected chi connectivity index (χ0v) is 19.9. The lowest BCUT2D eigenvalue weighted by Gasteiger charge is -2.28. The molecule has 1 aliphatic rings. The lowest BCUT2D eigenvalue weighted by Crippen LogP contribution is -2.43. The van der Waals surface area contributed by atoms with Crippen LogP contribution in [-0.4, -0.2) is 40.5 Å². The molecule has 0 fully saturated rings. The first-order chi connectivity index (χ1) is 16.5. The number of fused-ring (bicyclic) bond motifs is 1. The SMILES string of the molecule is COc1cccc(CCC(=O)Nc2sc3c(c2C#N)CCN(C(=O)NC(C)c2ncc[nH]2)C3)c1. The van der Waals surface area contributed by atoms with Crippen LogP contribution in [0.1, 0.15) is 46.8 Å². The van der Waals surface area contributed by atoms with Crippen LogP contribution in [0, 0.1) is 11.3 Å². The molecular weight excluding hydrogens is 452 g/mol. The summed E-state index contributed by atoms with van der Waals surface area (Å²) in [6.07, 6.45) is 4.79. The molecule has 3 aromatic rings. The molecule has 34 heavy (non-hydrogen) atoms. The van der Waals surface area contributed by atoms with Crippen LogP contribution in [0.3, 0.4) is 0 Å². The van der Waals surface area contributed by atoms with E-state index in [-0.39, 0.29) is 18.0 Å². The molecule has 0 spiro atoms. The van der Waals surface area contributed by atoms with Crippen molar-refractivity contribution in [1.82, 2.24) is 20.2 Å². The van der Waals surface area contributed by atoms with Crippen LogP contribution >= 0.6 is 11.3 Å². The van der Waals surface area contributed by atoms with E-state index in [1.165, 1.54) is 11.3 Å². The molecule has 1 aliphatic heterocycles. The molecule has 3 N–H and O–H groups in total. The van der Waals surface area contributed by atoms with E-state index in [9.17, 15) is 14.9 Å². The Kier molecular flexibility index (Phi) is 7.13. The molecule has 0 saturated heterocycles. The highest BCUT2D eigenvalue weighted by atomic mass is 32.1. The summed E-state index contributed by atoms with van der Waals surface area (Å²) >= 11 is 1.37. The number of nitrogens with zero attached hydrogens (tertiary/aromatic N) is 3. The number of nitriles is 1. The van der Waals surface area contributed by atoms with Crippen molar-refractivity contribution in [2.45, 2.75) is 38.8 Å². The monoisotopic (exact) mass is 478 g/mol. The van der Waals surface area contributed by atoms with E-state index >= 15 is 0 Å². The highest BCUT2D eigenvalue weighted by Gasteiger charge is 2.28. The van der Waals surface area contributed by atoms with Crippen molar-refractivity contribution in [2.75, 3.05) is 19.0 Å². The van der Waals surface area contributed by atoms with E-state index in [0.29, 0.717) is 48.7 Å². The first kappa shape index (κ1) is 23.3. The normalized spacial score (nSPS) is 13.5. The van der Waals surface area contributed by atoms with Gasteiger partial charge in [-0.15, -0.1) is 11.3 Å². The van der Waals surface area contributed by atoms with E-state index in [1.807, 2.05) is 31.2 Å². The Morgan fingerprint density at radius 2 is 2.26 bits per heavy atom. The van der Waals surface area contributed by atoms with Crippen molar-refractivity contribution < 1.29 is 14.3 Å². The largest absolute Gasteiger partial charge is 0.497 e. The van der Waals surface area contributed by atoms with Crippen LogP contribution in [-0.2, 0) is 24.2 Å². The number of benzene rings is 1. The van der Waals surface area contributed by atoms with Gasteiger partial charge in [0, 0.05) is 30.2 Å². The maximum Gasteiger partial charge on any atom is 0.318 e. The third kappa shape index (κ3) is 5.21. The molecule has 0 saturated carbocycles. The van der Waals surface area contributed by atoms with E-state index in [4.69, 9.17) is 4.74 Å². The van der Waals surface area contributed by atoms with Gasteiger partial charge >= 0.3 is 6.03 Å². The highest BCUT2D eigenvalue weighted by molar-refractivity contribution is 7.16. The van der Waals surface area contributed by atoms with E-state index in [1.54, 1.807) is 24.4 Å². The number of thiophene rings is 1. The number of rotatable bonds is 7. The van der Waals surface area contributed by atoms with Gasteiger partial charge in [-0.3, -0.25) is 4.79 Å². The number of amides is 3. The average Bonchev–Trinajstić information content (AvgIpc) is 3.50. The van der Waals surface area contributed by atoms with Gasteiger partial charge < -0.3 is 25.3 Å². The molecular formula is C24H26N6O3S. The second kappa shape index (κ2) is 10.4. The molecule has 4 rings (SSSR count). The topological polar surface area (TPSA) is 123 Å². The van der Waals surface area contributed by atoms with Crippen molar-refractivity contribution in [3.8, 4) is 11.8 Å². The number of aromatic amines is 1. The summed E-state index contributed by atoms with van der Waals surface area (Å²) in [5, 5.41) is 16.1. The minimum Gasteiger partial charge on any atom is -0.497 e. The zero-order valence-electron chi connectivity index (χ0n) is 19.1. The minimum absolute atomic E-state index is 0.153. The van der Waals surface area contributed by atoms with Gasteiger partial charge in [-0.25, -0.2) is 9.78 Å². The molecule has 0 bridgehead atoms. The first-order valence-corrected chi connectivity index (χ1v) is 11.8. The van der Waals surface area contributed by atoms with E-state index in [0.717, 1.165) is 21.8 Å². The van der Waals surface area contributed by atoms with Crippen molar-refractivity contribution >= 4 is 28.3 Å². The Balaban J connectivity index is 1.38. The third-order valence-electron chi connectivity index (χ3n) is 5.75. The first-order valence-electron chi connectivity index (χ1n) is 11.0. The summed E-state index contributed by atoms with van der Waals surface area (Å²) in [6, 6.07) is 9.41. The third-order valence-corrected chi connectivity index (χ3v) is 6.89. The summed E-state index contributed by atoms with van der Waals surface area (Å²) < 4.78 is 5.23. The summed E-state index contributed by atoms with van der Waals surface area (Å²) in [7, 11) is 1.61.